The zero-order valence-corrected chi connectivity index (χ0v) is 27.8. The lowest BCUT2D eigenvalue weighted by Crippen LogP contribution is -2.47. The van der Waals surface area contributed by atoms with Crippen molar-refractivity contribution in [3.05, 3.63) is 35.9 Å². The summed E-state index contributed by atoms with van der Waals surface area (Å²) >= 11 is 0. The van der Waals surface area contributed by atoms with Crippen molar-refractivity contribution >= 4 is 17.7 Å². The Kier molecular flexibility index (Phi) is 22.0. The van der Waals surface area contributed by atoms with E-state index in [9.17, 15) is 14.4 Å². The van der Waals surface area contributed by atoms with Gasteiger partial charge in [-0.1, -0.05) is 31.0 Å². The maximum absolute atomic E-state index is 12.8. The summed E-state index contributed by atoms with van der Waals surface area (Å²) in [5.74, 6) is -0.645. The Bertz CT molecular complexity index is 968. The summed E-state index contributed by atoms with van der Waals surface area (Å²) in [5.41, 5.74) is 0.472. The van der Waals surface area contributed by atoms with Crippen LogP contribution in [-0.2, 0) is 29.0 Å². The van der Waals surface area contributed by atoms with Crippen LogP contribution in [-0.4, -0.2) is 165 Å². The lowest BCUT2D eigenvalue weighted by Gasteiger charge is -2.34. The highest BCUT2D eigenvalue weighted by atomic mass is 17.1. The molecule has 1 aromatic rings. The highest BCUT2D eigenvalue weighted by Gasteiger charge is 2.22. The number of ether oxygens (including phenoxy) is 1. The van der Waals surface area contributed by atoms with Crippen LogP contribution in [0.1, 0.15) is 48.9 Å². The molecule has 15 heteroatoms. The van der Waals surface area contributed by atoms with Gasteiger partial charge in [-0.15, -0.1) is 0 Å². The number of Topliss-reactive ketones (excluding diaryl/α,β-unsaturated/α-hetero) is 1. The lowest BCUT2D eigenvalue weighted by atomic mass is 10.0. The first kappa shape index (κ1) is 40.6. The molecule has 0 radical (unpaired) electrons. The fraction of sp³-hybridized carbons (Fsp3) is 0.719. The first-order valence-corrected chi connectivity index (χ1v) is 16.5. The third-order valence-electron chi connectivity index (χ3n) is 8.41. The Morgan fingerprint density at radius 3 is 1.60 bits per heavy atom. The molecule has 268 valence electrons. The van der Waals surface area contributed by atoms with E-state index in [0.29, 0.717) is 63.8 Å². The number of nitrogens with one attached hydrogen (secondary N) is 1. The van der Waals surface area contributed by atoms with Gasteiger partial charge in [0, 0.05) is 96.9 Å². The van der Waals surface area contributed by atoms with Crippen LogP contribution in [0.25, 0.3) is 0 Å². The molecule has 15 nitrogen and oxygen atoms in total. The second-order valence-electron chi connectivity index (χ2n) is 11.7. The Balaban J connectivity index is 1.85. The van der Waals surface area contributed by atoms with Gasteiger partial charge in [-0.3, -0.25) is 40.1 Å². The van der Waals surface area contributed by atoms with Gasteiger partial charge in [0.05, 0.1) is 26.9 Å². The number of ketones is 1. The predicted octanol–water partition coefficient (Wildman–Crippen LogP) is 1.56. The van der Waals surface area contributed by atoms with Crippen LogP contribution < -0.4 is 5.32 Å². The lowest BCUT2D eigenvalue weighted by molar-refractivity contribution is -0.245. The number of carbonyl (C=O) groups is 3. The van der Waals surface area contributed by atoms with Crippen LogP contribution >= 0.6 is 0 Å². The smallest absolute Gasteiger partial charge is 0.328 e. The van der Waals surface area contributed by atoms with Crippen LogP contribution in [0.3, 0.4) is 0 Å². The molecule has 1 aliphatic rings. The molecule has 0 aromatic heterocycles. The van der Waals surface area contributed by atoms with Crippen molar-refractivity contribution in [2.75, 3.05) is 105 Å². The van der Waals surface area contributed by atoms with Crippen molar-refractivity contribution in [1.29, 1.82) is 0 Å². The molecule has 0 saturated carbocycles. The molecule has 47 heavy (non-hydrogen) atoms. The summed E-state index contributed by atoms with van der Waals surface area (Å²) in [4.78, 5) is 59.5. The molecule has 1 aromatic carbocycles. The number of unbranched alkanes of at least 4 members (excludes halogenated alkanes) is 2. The third-order valence-corrected chi connectivity index (χ3v) is 8.41. The molecule has 1 saturated heterocycles. The quantitative estimate of drug-likeness (QED) is 0.0643. The molecule has 4 N–H and O–H groups in total. The monoisotopic (exact) mass is 669 g/mol. The second kappa shape index (κ2) is 25.4. The van der Waals surface area contributed by atoms with Gasteiger partial charge in [-0.2, -0.15) is 0 Å². The number of hydrogen-bond acceptors (Lipinski definition) is 14. The van der Waals surface area contributed by atoms with Crippen LogP contribution in [0.2, 0.25) is 0 Å². The van der Waals surface area contributed by atoms with Gasteiger partial charge in [0.2, 0.25) is 0 Å². The number of carbonyl (C=O) groups excluding carboxylic acids is 3. The van der Waals surface area contributed by atoms with Crippen molar-refractivity contribution < 1.29 is 49.6 Å². The van der Waals surface area contributed by atoms with Crippen LogP contribution in [0.5, 0.6) is 0 Å². The van der Waals surface area contributed by atoms with E-state index >= 15 is 0 Å². The van der Waals surface area contributed by atoms with E-state index in [1.807, 2.05) is 6.07 Å². The van der Waals surface area contributed by atoms with Gasteiger partial charge < -0.3 is 15.0 Å². The Morgan fingerprint density at radius 2 is 1.15 bits per heavy atom. The minimum atomic E-state index is -0.748. The van der Waals surface area contributed by atoms with Crippen molar-refractivity contribution in [3.63, 3.8) is 0 Å². The Hall–Kier alpha value is -2.57. The molecule has 0 bridgehead atoms. The van der Waals surface area contributed by atoms with Gasteiger partial charge in [-0.25, -0.2) is 19.5 Å². The molecular weight excluding hydrogens is 614 g/mol. The minimum Gasteiger partial charge on any atom is -0.467 e. The zero-order chi connectivity index (χ0) is 34.1. The normalized spacial score (nSPS) is 17.0. The van der Waals surface area contributed by atoms with E-state index in [-0.39, 0.29) is 31.5 Å². The fourth-order valence-corrected chi connectivity index (χ4v) is 5.46. The SMILES string of the molecule is COC(=O)C(CCCCCC(=O)CCN1CCN(CCOO)CCN(CCOO)CCN(CCOO)CC1)NC(=O)c1ccccc1. The number of methoxy groups -OCH3 is 1. The maximum Gasteiger partial charge on any atom is 0.328 e. The number of amides is 1. The molecule has 1 amide bonds. The van der Waals surface area contributed by atoms with Crippen molar-refractivity contribution in [2.45, 2.75) is 44.6 Å². The summed E-state index contributed by atoms with van der Waals surface area (Å²) < 4.78 is 4.88. The van der Waals surface area contributed by atoms with Crippen molar-refractivity contribution in [2.24, 2.45) is 0 Å². The average molecular weight is 670 g/mol. The number of nitrogens with zero attached hydrogens (tertiary/aromatic N) is 4. The van der Waals surface area contributed by atoms with E-state index in [1.54, 1.807) is 24.3 Å². The molecule has 1 atom stereocenters. The van der Waals surface area contributed by atoms with Gasteiger partial charge in [0.25, 0.3) is 5.91 Å². The van der Waals surface area contributed by atoms with E-state index < -0.39 is 12.0 Å². The predicted molar refractivity (Wildman–Crippen MR) is 174 cm³/mol. The number of benzene rings is 1. The fourth-order valence-electron chi connectivity index (χ4n) is 5.46. The molecular formula is C32H55N5O10. The van der Waals surface area contributed by atoms with Gasteiger partial charge >= 0.3 is 5.97 Å². The van der Waals surface area contributed by atoms with Gasteiger partial charge in [0.1, 0.15) is 11.8 Å². The molecule has 0 aliphatic carbocycles. The largest absolute Gasteiger partial charge is 0.467 e. The number of hydrogen-bond donors (Lipinski definition) is 4. The molecule has 1 heterocycles. The first-order valence-electron chi connectivity index (χ1n) is 16.5. The van der Waals surface area contributed by atoms with Crippen LogP contribution in [0.15, 0.2) is 30.3 Å². The highest BCUT2D eigenvalue weighted by molar-refractivity contribution is 5.96. The topological polar surface area (TPSA) is 174 Å². The Morgan fingerprint density at radius 1 is 0.681 bits per heavy atom. The summed E-state index contributed by atoms with van der Waals surface area (Å²) in [5, 5.41) is 29.4. The molecule has 1 fully saturated rings. The Labute approximate surface area is 278 Å². The van der Waals surface area contributed by atoms with E-state index in [4.69, 9.17) is 20.5 Å². The average Bonchev–Trinajstić information content (AvgIpc) is 3.09. The zero-order valence-electron chi connectivity index (χ0n) is 27.8. The molecule has 2 rings (SSSR count). The highest BCUT2D eigenvalue weighted by Crippen LogP contribution is 2.11. The van der Waals surface area contributed by atoms with Crippen LogP contribution in [0.4, 0.5) is 0 Å². The van der Waals surface area contributed by atoms with E-state index in [2.05, 4.69) is 39.6 Å². The van der Waals surface area contributed by atoms with E-state index in [0.717, 1.165) is 58.8 Å². The first-order chi connectivity index (χ1) is 22.9. The van der Waals surface area contributed by atoms with Crippen molar-refractivity contribution in [3.8, 4) is 0 Å². The summed E-state index contributed by atoms with van der Waals surface area (Å²) in [6.45, 7) is 8.70. The molecule has 1 unspecified atom stereocenters. The van der Waals surface area contributed by atoms with Gasteiger partial charge in [-0.05, 0) is 25.0 Å². The summed E-state index contributed by atoms with van der Waals surface area (Å²) in [6, 6.07) is 7.96. The summed E-state index contributed by atoms with van der Waals surface area (Å²) in [7, 11) is 1.30. The standard InChI is InChI=1S/C32H55N5O10/c1-44-32(40)30(33-31(39)28-8-4-2-5-9-28)11-7-3-6-10-29(38)12-13-34-14-16-35(22-25-45-41)18-20-37(24-27-47-43)21-19-36(17-15-34)23-26-46-42/h2,4-5,8-9,30,41-43H,3,6-7,10-27H2,1H3,(H,33,39). The minimum absolute atomic E-state index is 0.177. The van der Waals surface area contributed by atoms with Gasteiger partial charge in [0.15, 0.2) is 0 Å². The van der Waals surface area contributed by atoms with Crippen molar-refractivity contribution in [1.82, 2.24) is 24.9 Å². The second-order valence-corrected chi connectivity index (χ2v) is 11.7. The molecule has 0 spiro atoms. The van der Waals surface area contributed by atoms with Crippen LogP contribution in [0, 0.1) is 0 Å². The molecule has 1 aliphatic heterocycles. The summed E-state index contributed by atoms with van der Waals surface area (Å²) in [6.07, 6.45) is 3.40. The third kappa shape index (κ3) is 18.0. The number of esters is 1. The number of rotatable bonds is 21. The van der Waals surface area contributed by atoms with E-state index in [1.165, 1.54) is 7.11 Å². The maximum atomic E-state index is 12.8.